The number of aromatic nitrogens is 2. The number of nitrogens with zero attached hydrogens (tertiary/aromatic N) is 1. The Morgan fingerprint density at radius 3 is 2.57 bits per heavy atom. The number of hydrogen-bond donors (Lipinski definition) is 2. The predicted molar refractivity (Wildman–Crippen MR) is 88.1 cm³/mol. The first-order valence-corrected chi connectivity index (χ1v) is 7.06. The van der Waals surface area contributed by atoms with E-state index in [2.05, 4.69) is 15.5 Å². The Morgan fingerprint density at radius 1 is 1.09 bits per heavy atom. The van der Waals surface area contributed by atoms with Gasteiger partial charge in [0.15, 0.2) is 0 Å². The van der Waals surface area contributed by atoms with Gasteiger partial charge < -0.3 is 5.32 Å². The maximum Gasteiger partial charge on any atom is 0.248 e. The number of H-pyrrole nitrogens is 1. The molecule has 5 heteroatoms. The first kappa shape index (κ1) is 14.7. The van der Waals surface area contributed by atoms with Gasteiger partial charge in [0, 0.05) is 23.5 Å². The van der Waals surface area contributed by atoms with E-state index in [0.717, 1.165) is 11.3 Å². The van der Waals surface area contributed by atoms with E-state index < -0.39 is 0 Å². The molecule has 0 radical (unpaired) electrons. The van der Waals surface area contributed by atoms with E-state index in [1.54, 1.807) is 36.5 Å². The zero-order valence-corrected chi connectivity index (χ0v) is 12.2. The van der Waals surface area contributed by atoms with Crippen molar-refractivity contribution < 1.29 is 9.18 Å². The summed E-state index contributed by atoms with van der Waals surface area (Å²) in [5.74, 6) is -0.678. The number of anilines is 1. The minimum absolute atomic E-state index is 0.317. The minimum atomic E-state index is -0.361. The number of aromatic amines is 1. The van der Waals surface area contributed by atoms with Crippen LogP contribution in [-0.2, 0) is 4.79 Å². The molecule has 114 valence electrons. The molecular weight excluding hydrogens is 293 g/mol. The molecule has 2 aromatic carbocycles. The number of rotatable bonds is 4. The van der Waals surface area contributed by atoms with Crippen LogP contribution in [0.5, 0.6) is 0 Å². The van der Waals surface area contributed by atoms with E-state index >= 15 is 0 Å². The lowest BCUT2D eigenvalue weighted by Gasteiger charge is -2.03. The number of hydrogen-bond acceptors (Lipinski definition) is 2. The topological polar surface area (TPSA) is 57.8 Å². The van der Waals surface area contributed by atoms with Gasteiger partial charge in [-0.25, -0.2) is 4.39 Å². The number of carbonyl (C=O) groups is 1. The molecule has 0 saturated carbocycles. The third-order valence-corrected chi connectivity index (χ3v) is 3.28. The maximum atomic E-state index is 13.5. The molecule has 2 N–H and O–H groups in total. The maximum absolute atomic E-state index is 13.5. The molecule has 23 heavy (non-hydrogen) atoms. The summed E-state index contributed by atoms with van der Waals surface area (Å²) >= 11 is 0. The first-order chi connectivity index (χ1) is 11.2. The molecule has 0 spiro atoms. The lowest BCUT2D eigenvalue weighted by atomic mass is 10.1. The van der Waals surface area contributed by atoms with E-state index in [9.17, 15) is 9.18 Å². The Labute approximate surface area is 132 Å². The largest absolute Gasteiger partial charge is 0.323 e. The van der Waals surface area contributed by atoms with Crippen molar-refractivity contribution in [3.63, 3.8) is 0 Å². The summed E-state index contributed by atoms with van der Waals surface area (Å²) in [5, 5.41) is 9.50. The molecule has 1 heterocycles. The highest BCUT2D eigenvalue weighted by Crippen LogP contribution is 2.19. The normalized spacial score (nSPS) is 10.8. The van der Waals surface area contributed by atoms with E-state index in [1.807, 2.05) is 18.2 Å². The van der Waals surface area contributed by atoms with Crippen molar-refractivity contribution in [2.45, 2.75) is 0 Å². The molecule has 0 aliphatic rings. The van der Waals surface area contributed by atoms with Crippen LogP contribution >= 0.6 is 0 Å². The van der Waals surface area contributed by atoms with Crippen molar-refractivity contribution in [2.24, 2.45) is 0 Å². The molecule has 0 aliphatic heterocycles. The molecule has 1 aromatic heterocycles. The molecule has 0 fully saturated rings. The summed E-state index contributed by atoms with van der Waals surface area (Å²) in [4.78, 5) is 11.9. The van der Waals surface area contributed by atoms with Crippen molar-refractivity contribution in [2.75, 3.05) is 5.32 Å². The Morgan fingerprint density at radius 2 is 1.87 bits per heavy atom. The highest BCUT2D eigenvalue weighted by molar-refractivity contribution is 6.02. The summed E-state index contributed by atoms with van der Waals surface area (Å²) in [6.07, 6.45) is 4.43. The molecule has 3 aromatic rings. The van der Waals surface area contributed by atoms with Crippen molar-refractivity contribution in [1.82, 2.24) is 10.2 Å². The summed E-state index contributed by atoms with van der Waals surface area (Å²) in [6.45, 7) is 0. The second-order valence-corrected chi connectivity index (χ2v) is 4.89. The lowest BCUT2D eigenvalue weighted by molar-refractivity contribution is -0.111. The molecule has 4 nitrogen and oxygen atoms in total. The van der Waals surface area contributed by atoms with Crippen LogP contribution in [0, 0.1) is 5.82 Å². The second-order valence-electron chi connectivity index (χ2n) is 4.89. The average molecular weight is 307 g/mol. The monoisotopic (exact) mass is 307 g/mol. The van der Waals surface area contributed by atoms with E-state index in [0.29, 0.717) is 11.3 Å². The number of nitrogens with one attached hydrogen (secondary N) is 2. The summed E-state index contributed by atoms with van der Waals surface area (Å²) < 4.78 is 13.5. The Bertz CT molecular complexity index is 824. The van der Waals surface area contributed by atoms with Gasteiger partial charge >= 0.3 is 0 Å². The van der Waals surface area contributed by atoms with Crippen LogP contribution in [0.1, 0.15) is 5.56 Å². The summed E-state index contributed by atoms with van der Waals surface area (Å²) in [6, 6.07) is 15.5. The molecule has 0 atom stereocenters. The van der Waals surface area contributed by atoms with Crippen LogP contribution in [0.4, 0.5) is 10.1 Å². The van der Waals surface area contributed by atoms with Gasteiger partial charge in [-0.1, -0.05) is 30.3 Å². The van der Waals surface area contributed by atoms with Gasteiger partial charge in [-0.15, -0.1) is 0 Å². The highest BCUT2D eigenvalue weighted by atomic mass is 19.1. The first-order valence-electron chi connectivity index (χ1n) is 7.06. The van der Waals surface area contributed by atoms with Crippen molar-refractivity contribution in [3.05, 3.63) is 78.3 Å². The van der Waals surface area contributed by atoms with Gasteiger partial charge in [-0.3, -0.25) is 9.89 Å². The van der Waals surface area contributed by atoms with Gasteiger partial charge in [0.1, 0.15) is 5.82 Å². The molecule has 0 aliphatic carbocycles. The standard InChI is InChI=1S/C18H14FN3O/c19-16-4-2-1-3-13(16)7-10-18(23)21-15-8-5-14(6-9-15)17-11-12-20-22-17/h1-12H,(H,20,22)(H,21,23). The Kier molecular flexibility index (Phi) is 4.29. The van der Waals surface area contributed by atoms with Gasteiger partial charge in [-0.2, -0.15) is 5.10 Å². The Hall–Kier alpha value is -3.21. The number of carbonyl (C=O) groups excluding carboxylic acids is 1. The quantitative estimate of drug-likeness (QED) is 0.719. The van der Waals surface area contributed by atoms with Gasteiger partial charge in [-0.05, 0) is 35.9 Å². The van der Waals surface area contributed by atoms with Crippen molar-refractivity contribution in [1.29, 1.82) is 0 Å². The van der Waals surface area contributed by atoms with Crippen LogP contribution in [0.25, 0.3) is 17.3 Å². The second kappa shape index (κ2) is 6.70. The zero-order valence-electron chi connectivity index (χ0n) is 12.2. The van der Waals surface area contributed by atoms with Gasteiger partial charge in [0.2, 0.25) is 5.91 Å². The third kappa shape index (κ3) is 3.71. The fourth-order valence-corrected chi connectivity index (χ4v) is 2.11. The number of amides is 1. The van der Waals surface area contributed by atoms with E-state index in [1.165, 1.54) is 18.2 Å². The molecule has 3 rings (SSSR count). The molecule has 0 unspecified atom stereocenters. The smallest absolute Gasteiger partial charge is 0.248 e. The fraction of sp³-hybridized carbons (Fsp3) is 0. The van der Waals surface area contributed by atoms with Crippen LogP contribution < -0.4 is 5.32 Å². The van der Waals surface area contributed by atoms with Crippen molar-refractivity contribution >= 4 is 17.7 Å². The van der Waals surface area contributed by atoms with Gasteiger partial charge in [0.05, 0.1) is 5.69 Å². The van der Waals surface area contributed by atoms with E-state index in [-0.39, 0.29) is 11.7 Å². The van der Waals surface area contributed by atoms with Crippen LogP contribution in [0.2, 0.25) is 0 Å². The van der Waals surface area contributed by atoms with E-state index in [4.69, 9.17) is 0 Å². The lowest BCUT2D eigenvalue weighted by Crippen LogP contribution is -2.07. The Balaban J connectivity index is 1.65. The number of halogens is 1. The third-order valence-electron chi connectivity index (χ3n) is 3.28. The number of benzene rings is 2. The zero-order chi connectivity index (χ0) is 16.1. The van der Waals surface area contributed by atoms with Gasteiger partial charge in [0.25, 0.3) is 0 Å². The minimum Gasteiger partial charge on any atom is -0.323 e. The molecule has 1 amide bonds. The fourth-order valence-electron chi connectivity index (χ4n) is 2.11. The average Bonchev–Trinajstić information content (AvgIpc) is 3.09. The summed E-state index contributed by atoms with van der Waals surface area (Å²) in [5.41, 5.74) is 2.92. The van der Waals surface area contributed by atoms with Crippen LogP contribution in [-0.4, -0.2) is 16.1 Å². The molecule has 0 saturated heterocycles. The van der Waals surface area contributed by atoms with Crippen LogP contribution in [0.3, 0.4) is 0 Å². The van der Waals surface area contributed by atoms with Crippen molar-refractivity contribution in [3.8, 4) is 11.3 Å². The molecule has 0 bridgehead atoms. The molecular formula is C18H14FN3O. The highest BCUT2D eigenvalue weighted by Gasteiger charge is 2.02. The summed E-state index contributed by atoms with van der Waals surface area (Å²) in [7, 11) is 0. The SMILES string of the molecule is O=C(C=Cc1ccccc1F)Nc1ccc(-c2ccn[nH]2)cc1. The van der Waals surface area contributed by atoms with Crippen LogP contribution in [0.15, 0.2) is 66.9 Å². The predicted octanol–water partition coefficient (Wildman–Crippen LogP) is 3.87.